The van der Waals surface area contributed by atoms with E-state index in [1.54, 1.807) is 11.9 Å². The van der Waals surface area contributed by atoms with Gasteiger partial charge < -0.3 is 0 Å². The Balaban J connectivity index is 1.87. The normalized spacial score (nSPS) is 18.0. The SMILES string of the molecule is CCSC(=O)C1=CCN(Sc2ccccc2)C1c1ccccc1. The molecule has 2 aromatic rings. The molecule has 0 amide bonds. The summed E-state index contributed by atoms with van der Waals surface area (Å²) < 4.78 is 2.29. The van der Waals surface area contributed by atoms with E-state index in [1.807, 2.05) is 43.3 Å². The third-order valence-corrected chi connectivity index (χ3v) is 5.53. The lowest BCUT2D eigenvalue weighted by Gasteiger charge is -2.26. The third-order valence-electron chi connectivity index (χ3n) is 3.67. The van der Waals surface area contributed by atoms with Crippen LogP contribution in [0.15, 0.2) is 77.2 Å². The Hall–Kier alpha value is -1.49. The van der Waals surface area contributed by atoms with Crippen molar-refractivity contribution in [2.45, 2.75) is 17.9 Å². The van der Waals surface area contributed by atoms with Gasteiger partial charge in [-0.2, -0.15) is 0 Å². The van der Waals surface area contributed by atoms with Gasteiger partial charge in [-0.25, -0.2) is 4.31 Å². The Morgan fingerprint density at radius 2 is 1.74 bits per heavy atom. The van der Waals surface area contributed by atoms with E-state index in [0.717, 1.165) is 17.9 Å². The quantitative estimate of drug-likeness (QED) is 0.716. The van der Waals surface area contributed by atoms with Gasteiger partial charge in [0.05, 0.1) is 6.04 Å². The summed E-state index contributed by atoms with van der Waals surface area (Å²) in [4.78, 5) is 13.7. The van der Waals surface area contributed by atoms with Crippen molar-refractivity contribution >= 4 is 28.8 Å². The topological polar surface area (TPSA) is 20.3 Å². The molecule has 1 unspecified atom stereocenters. The van der Waals surface area contributed by atoms with Crippen LogP contribution < -0.4 is 0 Å². The first-order chi connectivity index (χ1) is 11.3. The van der Waals surface area contributed by atoms with Crippen LogP contribution in [-0.4, -0.2) is 21.7 Å². The first-order valence-corrected chi connectivity index (χ1v) is 9.47. The van der Waals surface area contributed by atoms with Crippen LogP contribution in [0.1, 0.15) is 18.5 Å². The van der Waals surface area contributed by atoms with E-state index < -0.39 is 0 Å². The van der Waals surface area contributed by atoms with Gasteiger partial charge in [0.15, 0.2) is 0 Å². The van der Waals surface area contributed by atoms with Crippen molar-refractivity contribution in [3.05, 3.63) is 77.9 Å². The van der Waals surface area contributed by atoms with Crippen LogP contribution >= 0.6 is 23.7 Å². The number of hydrogen-bond acceptors (Lipinski definition) is 4. The standard InChI is InChI=1S/C19H19NOS2/c1-2-22-19(21)17-13-14-20(23-16-11-7-4-8-12-16)18(17)15-9-5-3-6-10-15/h3-13,18H,2,14H2,1H3. The van der Waals surface area contributed by atoms with Gasteiger partial charge in [-0.05, 0) is 35.4 Å². The summed E-state index contributed by atoms with van der Waals surface area (Å²) in [6, 6.07) is 20.6. The maximum absolute atomic E-state index is 12.5. The van der Waals surface area contributed by atoms with Crippen LogP contribution in [0.4, 0.5) is 0 Å². The van der Waals surface area contributed by atoms with E-state index in [-0.39, 0.29) is 11.2 Å². The molecule has 1 aliphatic rings. The van der Waals surface area contributed by atoms with Gasteiger partial charge in [0.1, 0.15) is 0 Å². The van der Waals surface area contributed by atoms with Gasteiger partial charge in [-0.15, -0.1) is 0 Å². The van der Waals surface area contributed by atoms with Crippen LogP contribution in [-0.2, 0) is 4.79 Å². The molecule has 0 aliphatic carbocycles. The molecular formula is C19H19NOS2. The molecule has 0 aromatic heterocycles. The molecule has 0 spiro atoms. The molecule has 0 bridgehead atoms. The maximum Gasteiger partial charge on any atom is 0.217 e. The molecule has 2 nitrogen and oxygen atoms in total. The first-order valence-electron chi connectivity index (χ1n) is 7.71. The van der Waals surface area contributed by atoms with Gasteiger partial charge >= 0.3 is 0 Å². The summed E-state index contributed by atoms with van der Waals surface area (Å²) in [5, 5.41) is 0.192. The van der Waals surface area contributed by atoms with Crippen LogP contribution in [0.2, 0.25) is 0 Å². The average Bonchev–Trinajstić information content (AvgIpc) is 3.00. The Labute approximate surface area is 146 Å². The Bertz CT molecular complexity index is 685. The number of thioether (sulfide) groups is 1. The zero-order chi connectivity index (χ0) is 16.1. The molecule has 2 aromatic carbocycles. The molecule has 1 atom stereocenters. The molecule has 0 saturated carbocycles. The largest absolute Gasteiger partial charge is 0.282 e. The summed E-state index contributed by atoms with van der Waals surface area (Å²) in [5.41, 5.74) is 2.08. The van der Waals surface area contributed by atoms with Crippen molar-refractivity contribution in [2.75, 3.05) is 12.3 Å². The molecule has 0 N–H and O–H groups in total. The molecule has 4 heteroatoms. The number of carbonyl (C=O) groups excluding carboxylic acids is 1. The average molecular weight is 342 g/mol. The fourth-order valence-electron chi connectivity index (χ4n) is 2.66. The van der Waals surface area contributed by atoms with Gasteiger partial charge in [0.2, 0.25) is 5.12 Å². The Kier molecular flexibility index (Phi) is 5.60. The van der Waals surface area contributed by atoms with Crippen LogP contribution in [0.5, 0.6) is 0 Å². The summed E-state index contributed by atoms with van der Waals surface area (Å²) >= 11 is 3.11. The summed E-state index contributed by atoms with van der Waals surface area (Å²) in [6.45, 7) is 2.80. The van der Waals surface area contributed by atoms with E-state index in [2.05, 4.69) is 34.6 Å². The lowest BCUT2D eigenvalue weighted by atomic mass is 10.0. The van der Waals surface area contributed by atoms with Crippen molar-refractivity contribution in [3.63, 3.8) is 0 Å². The molecule has 1 aliphatic heterocycles. The second-order valence-corrected chi connectivity index (χ2v) is 7.56. The zero-order valence-corrected chi connectivity index (χ0v) is 14.6. The fourth-order valence-corrected chi connectivity index (χ4v) is 4.32. The van der Waals surface area contributed by atoms with Gasteiger partial charge in [0, 0.05) is 17.0 Å². The van der Waals surface area contributed by atoms with E-state index >= 15 is 0 Å². The highest BCUT2D eigenvalue weighted by Gasteiger charge is 2.33. The predicted molar refractivity (Wildman–Crippen MR) is 99.4 cm³/mol. The van der Waals surface area contributed by atoms with Gasteiger partial charge in [0.25, 0.3) is 0 Å². The van der Waals surface area contributed by atoms with Crippen molar-refractivity contribution in [1.29, 1.82) is 0 Å². The maximum atomic E-state index is 12.5. The van der Waals surface area contributed by atoms with Crippen LogP contribution in [0.3, 0.4) is 0 Å². The van der Waals surface area contributed by atoms with E-state index in [1.165, 1.54) is 22.2 Å². The minimum atomic E-state index is 0.0213. The number of carbonyl (C=O) groups is 1. The Morgan fingerprint density at radius 3 is 2.39 bits per heavy atom. The second kappa shape index (κ2) is 7.86. The third kappa shape index (κ3) is 3.89. The number of nitrogens with zero attached hydrogens (tertiary/aromatic N) is 1. The highest BCUT2D eigenvalue weighted by molar-refractivity contribution is 8.14. The number of rotatable bonds is 5. The lowest BCUT2D eigenvalue weighted by Crippen LogP contribution is -2.20. The Morgan fingerprint density at radius 1 is 1.09 bits per heavy atom. The minimum Gasteiger partial charge on any atom is -0.282 e. The summed E-state index contributed by atoms with van der Waals surface area (Å²) in [7, 11) is 0. The van der Waals surface area contributed by atoms with E-state index in [9.17, 15) is 4.79 Å². The molecule has 0 saturated heterocycles. The van der Waals surface area contributed by atoms with E-state index in [0.29, 0.717) is 0 Å². The first kappa shape index (κ1) is 16.4. The van der Waals surface area contributed by atoms with Gasteiger partial charge in [-0.3, -0.25) is 4.79 Å². The number of hydrogen-bond donors (Lipinski definition) is 0. The van der Waals surface area contributed by atoms with Crippen molar-refractivity contribution in [1.82, 2.24) is 4.31 Å². The minimum absolute atomic E-state index is 0.0213. The molecule has 23 heavy (non-hydrogen) atoms. The van der Waals surface area contributed by atoms with E-state index in [4.69, 9.17) is 0 Å². The van der Waals surface area contributed by atoms with Crippen LogP contribution in [0, 0.1) is 0 Å². The summed E-state index contributed by atoms with van der Waals surface area (Å²) in [6.07, 6.45) is 2.08. The summed E-state index contributed by atoms with van der Waals surface area (Å²) in [5.74, 6) is 0.809. The van der Waals surface area contributed by atoms with Crippen LogP contribution in [0.25, 0.3) is 0 Å². The van der Waals surface area contributed by atoms with Gasteiger partial charge in [-0.1, -0.05) is 73.3 Å². The smallest absolute Gasteiger partial charge is 0.217 e. The number of benzene rings is 2. The predicted octanol–water partition coefficient (Wildman–Crippen LogP) is 4.96. The molecule has 0 radical (unpaired) electrons. The molecule has 1 heterocycles. The zero-order valence-electron chi connectivity index (χ0n) is 13.0. The molecular weight excluding hydrogens is 322 g/mol. The molecule has 0 fully saturated rings. The van der Waals surface area contributed by atoms with Crippen molar-refractivity contribution < 1.29 is 4.79 Å². The van der Waals surface area contributed by atoms with Crippen molar-refractivity contribution in [2.24, 2.45) is 0 Å². The fraction of sp³-hybridized carbons (Fsp3) is 0.211. The molecule has 118 valence electrons. The second-order valence-electron chi connectivity index (χ2n) is 5.20. The monoisotopic (exact) mass is 341 g/mol. The molecule has 3 rings (SSSR count). The van der Waals surface area contributed by atoms with Crippen molar-refractivity contribution in [3.8, 4) is 0 Å². The highest BCUT2D eigenvalue weighted by atomic mass is 32.2. The lowest BCUT2D eigenvalue weighted by molar-refractivity contribution is -0.108. The highest BCUT2D eigenvalue weighted by Crippen LogP contribution is 2.42.